The molecule has 0 radical (unpaired) electrons. The van der Waals surface area contributed by atoms with Crippen molar-refractivity contribution in [2.75, 3.05) is 0 Å². The number of carboxylic acid groups (broad SMARTS) is 1. The molecule has 0 saturated heterocycles. The molecule has 2 rings (SSSR count). The summed E-state index contributed by atoms with van der Waals surface area (Å²) in [7, 11) is -3.90. The largest absolute Gasteiger partial charge is 0.480 e. The van der Waals surface area contributed by atoms with Crippen molar-refractivity contribution in [3.8, 4) is 0 Å². The minimum absolute atomic E-state index is 0.0481. The molecule has 0 bridgehead atoms. The number of benzene rings is 2. The zero-order chi connectivity index (χ0) is 17.7. The van der Waals surface area contributed by atoms with Gasteiger partial charge >= 0.3 is 5.97 Å². The molecule has 2 aromatic carbocycles. The fraction of sp³-hybridized carbons (Fsp3) is 0.278. The van der Waals surface area contributed by atoms with Gasteiger partial charge in [-0.2, -0.15) is 0 Å². The molecule has 6 heteroatoms. The van der Waals surface area contributed by atoms with Crippen molar-refractivity contribution in [2.24, 2.45) is 0 Å². The molecular formula is C18H19ClO4S. The van der Waals surface area contributed by atoms with Gasteiger partial charge in [0.25, 0.3) is 0 Å². The molecule has 0 aromatic heterocycles. The molecule has 0 fully saturated rings. The van der Waals surface area contributed by atoms with Gasteiger partial charge in [0.15, 0.2) is 15.1 Å². The Kier molecular flexibility index (Phi) is 6.02. The summed E-state index contributed by atoms with van der Waals surface area (Å²) in [5.41, 5.74) is 1.92. The lowest BCUT2D eigenvalue weighted by atomic mass is 10.1. The summed E-state index contributed by atoms with van der Waals surface area (Å²) >= 11 is 5.82. The first-order chi connectivity index (χ1) is 11.3. The van der Waals surface area contributed by atoms with E-state index in [1.807, 2.05) is 19.1 Å². The lowest BCUT2D eigenvalue weighted by molar-refractivity contribution is -0.136. The van der Waals surface area contributed by atoms with Gasteiger partial charge in [-0.05, 0) is 56.0 Å². The average Bonchev–Trinajstić information content (AvgIpc) is 2.53. The summed E-state index contributed by atoms with van der Waals surface area (Å²) < 4.78 is 25.1. The van der Waals surface area contributed by atoms with Gasteiger partial charge in [0, 0.05) is 5.02 Å². The highest BCUT2D eigenvalue weighted by Crippen LogP contribution is 2.21. The summed E-state index contributed by atoms with van der Waals surface area (Å²) in [6.45, 7) is 1.84. The van der Waals surface area contributed by atoms with Crippen molar-refractivity contribution < 1.29 is 18.3 Å². The van der Waals surface area contributed by atoms with Crippen molar-refractivity contribution >= 4 is 27.4 Å². The Hall–Kier alpha value is -1.85. The minimum atomic E-state index is -3.90. The third kappa shape index (κ3) is 4.58. The predicted molar refractivity (Wildman–Crippen MR) is 94.2 cm³/mol. The molecular weight excluding hydrogens is 348 g/mol. The Morgan fingerprint density at radius 1 is 1.08 bits per heavy atom. The number of hydrogen-bond acceptors (Lipinski definition) is 3. The van der Waals surface area contributed by atoms with Crippen LogP contribution in [-0.2, 0) is 21.1 Å². The molecule has 1 atom stereocenters. The highest BCUT2D eigenvalue weighted by molar-refractivity contribution is 7.92. The summed E-state index contributed by atoms with van der Waals surface area (Å²) in [6.07, 6.45) is 1.13. The molecule has 1 N–H and O–H groups in total. The number of carboxylic acids is 1. The van der Waals surface area contributed by atoms with Gasteiger partial charge in [0.05, 0.1) is 4.90 Å². The van der Waals surface area contributed by atoms with Gasteiger partial charge < -0.3 is 5.11 Å². The lowest BCUT2D eigenvalue weighted by Gasteiger charge is -2.14. The van der Waals surface area contributed by atoms with E-state index in [-0.39, 0.29) is 11.3 Å². The summed E-state index contributed by atoms with van der Waals surface area (Å²) in [5, 5.41) is 8.55. The first-order valence-corrected chi connectivity index (χ1v) is 9.51. The third-order valence-corrected chi connectivity index (χ3v) is 6.21. The van der Waals surface area contributed by atoms with Crippen LogP contribution in [0.25, 0.3) is 0 Å². The summed E-state index contributed by atoms with van der Waals surface area (Å²) in [5.74, 6) is -1.31. The molecule has 2 aromatic rings. The fourth-order valence-electron chi connectivity index (χ4n) is 2.45. The van der Waals surface area contributed by atoms with E-state index in [0.717, 1.165) is 11.1 Å². The van der Waals surface area contributed by atoms with Gasteiger partial charge in [-0.25, -0.2) is 8.42 Å². The smallest absolute Gasteiger partial charge is 0.322 e. The van der Waals surface area contributed by atoms with Crippen LogP contribution in [0, 0.1) is 6.92 Å². The average molecular weight is 367 g/mol. The van der Waals surface area contributed by atoms with E-state index in [2.05, 4.69) is 0 Å². The van der Waals surface area contributed by atoms with Gasteiger partial charge in [-0.3, -0.25) is 4.79 Å². The Morgan fingerprint density at radius 2 is 1.67 bits per heavy atom. The second-order valence-corrected chi connectivity index (χ2v) is 8.27. The molecule has 0 heterocycles. The van der Waals surface area contributed by atoms with Gasteiger partial charge in [-0.1, -0.05) is 41.4 Å². The van der Waals surface area contributed by atoms with E-state index in [1.54, 1.807) is 24.3 Å². The monoisotopic (exact) mass is 366 g/mol. The zero-order valence-electron chi connectivity index (χ0n) is 13.3. The number of rotatable bonds is 7. The van der Waals surface area contributed by atoms with Crippen LogP contribution in [0.3, 0.4) is 0 Å². The molecule has 0 aliphatic heterocycles. The molecule has 0 aliphatic carbocycles. The Bertz CT molecular complexity index is 796. The van der Waals surface area contributed by atoms with Crippen molar-refractivity contribution in [1.82, 2.24) is 0 Å². The SMILES string of the molecule is Cc1ccc(S(=O)(=O)C(CCCc2ccc(Cl)cc2)C(=O)O)cc1. The maximum absolute atomic E-state index is 12.6. The van der Waals surface area contributed by atoms with E-state index in [1.165, 1.54) is 12.1 Å². The van der Waals surface area contributed by atoms with Crippen LogP contribution in [-0.4, -0.2) is 24.7 Å². The fourth-order valence-corrected chi connectivity index (χ4v) is 4.16. The number of aryl methyl sites for hydroxylation is 2. The maximum Gasteiger partial charge on any atom is 0.322 e. The number of sulfone groups is 1. The van der Waals surface area contributed by atoms with Crippen molar-refractivity contribution in [3.63, 3.8) is 0 Å². The van der Waals surface area contributed by atoms with Crippen LogP contribution >= 0.6 is 11.6 Å². The van der Waals surface area contributed by atoms with Crippen LogP contribution in [0.4, 0.5) is 0 Å². The van der Waals surface area contributed by atoms with Gasteiger partial charge in [-0.15, -0.1) is 0 Å². The van der Waals surface area contributed by atoms with Gasteiger partial charge in [0.1, 0.15) is 0 Å². The Morgan fingerprint density at radius 3 is 2.21 bits per heavy atom. The Balaban J connectivity index is 2.09. The van der Waals surface area contributed by atoms with Crippen LogP contribution < -0.4 is 0 Å². The molecule has 24 heavy (non-hydrogen) atoms. The van der Waals surface area contributed by atoms with E-state index < -0.39 is 21.1 Å². The van der Waals surface area contributed by atoms with Crippen molar-refractivity contribution in [2.45, 2.75) is 36.3 Å². The van der Waals surface area contributed by atoms with E-state index in [4.69, 9.17) is 11.6 Å². The zero-order valence-corrected chi connectivity index (χ0v) is 14.8. The molecule has 0 amide bonds. The second kappa shape index (κ2) is 7.81. The van der Waals surface area contributed by atoms with Crippen molar-refractivity contribution in [3.05, 3.63) is 64.7 Å². The van der Waals surface area contributed by atoms with E-state index in [9.17, 15) is 18.3 Å². The minimum Gasteiger partial charge on any atom is -0.480 e. The molecule has 0 saturated carbocycles. The molecule has 4 nitrogen and oxygen atoms in total. The molecule has 0 aliphatic rings. The normalized spacial score (nSPS) is 12.8. The topological polar surface area (TPSA) is 71.4 Å². The number of carbonyl (C=O) groups is 1. The third-order valence-electron chi connectivity index (χ3n) is 3.84. The number of aliphatic carboxylic acids is 1. The number of halogens is 1. The molecule has 0 spiro atoms. The highest BCUT2D eigenvalue weighted by atomic mass is 35.5. The predicted octanol–water partition coefficient (Wildman–Crippen LogP) is 3.90. The van der Waals surface area contributed by atoms with Crippen LogP contribution in [0.15, 0.2) is 53.4 Å². The van der Waals surface area contributed by atoms with Crippen LogP contribution in [0.5, 0.6) is 0 Å². The summed E-state index contributed by atoms with van der Waals surface area (Å²) in [6, 6.07) is 13.5. The Labute approximate surface area is 147 Å². The first kappa shape index (κ1) is 18.5. The van der Waals surface area contributed by atoms with Crippen LogP contribution in [0.2, 0.25) is 5.02 Å². The van der Waals surface area contributed by atoms with Crippen LogP contribution in [0.1, 0.15) is 24.0 Å². The summed E-state index contributed by atoms with van der Waals surface area (Å²) in [4.78, 5) is 11.5. The molecule has 1 unspecified atom stereocenters. The maximum atomic E-state index is 12.6. The highest BCUT2D eigenvalue weighted by Gasteiger charge is 2.33. The molecule has 128 valence electrons. The van der Waals surface area contributed by atoms with Crippen molar-refractivity contribution in [1.29, 1.82) is 0 Å². The van der Waals surface area contributed by atoms with E-state index in [0.29, 0.717) is 17.9 Å². The second-order valence-electron chi connectivity index (χ2n) is 5.70. The first-order valence-electron chi connectivity index (χ1n) is 7.58. The standard InChI is InChI=1S/C18H19ClO4S/c1-13-5-11-16(12-6-13)24(22,23)17(18(20)21)4-2-3-14-7-9-15(19)10-8-14/h5-12,17H,2-4H2,1H3,(H,20,21). The lowest BCUT2D eigenvalue weighted by Crippen LogP contribution is -2.30. The number of hydrogen-bond donors (Lipinski definition) is 1. The van der Waals surface area contributed by atoms with E-state index >= 15 is 0 Å². The van der Waals surface area contributed by atoms with Gasteiger partial charge in [0.2, 0.25) is 0 Å². The quantitative estimate of drug-likeness (QED) is 0.806.